The largest absolute Gasteiger partial charge is 0.386 e. The molecule has 3 atom stereocenters. The summed E-state index contributed by atoms with van der Waals surface area (Å²) in [6, 6.07) is 7.44. The van der Waals surface area contributed by atoms with E-state index in [0.29, 0.717) is 51.5 Å². The number of hydrogen-bond acceptors (Lipinski definition) is 6. The highest BCUT2D eigenvalue weighted by atomic mass is 16.5. The lowest BCUT2D eigenvalue weighted by atomic mass is 9.70. The van der Waals surface area contributed by atoms with Crippen molar-refractivity contribution in [2.75, 3.05) is 57.4 Å². The number of hydrogen-bond donors (Lipinski definition) is 1. The predicted octanol–water partition coefficient (Wildman–Crippen LogP) is 1.94. The minimum absolute atomic E-state index is 0.0173. The molecule has 3 aliphatic heterocycles. The molecule has 1 unspecified atom stereocenters. The third-order valence-corrected chi connectivity index (χ3v) is 7.95. The lowest BCUT2D eigenvalue weighted by Crippen LogP contribution is -2.60. The van der Waals surface area contributed by atoms with E-state index < -0.39 is 6.04 Å². The topological polar surface area (TPSA) is 88.9 Å². The molecule has 5 rings (SSSR count). The fraction of sp³-hybridized carbons (Fsp3) is 0.464. The SMILES string of the molecule is C=C1CN(CC(=O)N2C[C@](C)(C3C=CC=CC3)c3ccc(C#N)cc32)[C@@H](C(=O)N2CCOCC2)CN1. The van der Waals surface area contributed by atoms with E-state index >= 15 is 0 Å². The summed E-state index contributed by atoms with van der Waals surface area (Å²) in [5.41, 5.74) is 2.95. The maximum atomic E-state index is 13.9. The van der Waals surface area contributed by atoms with E-state index in [1.54, 1.807) is 0 Å². The van der Waals surface area contributed by atoms with Gasteiger partial charge in [-0.15, -0.1) is 0 Å². The van der Waals surface area contributed by atoms with Gasteiger partial charge in [0.1, 0.15) is 6.04 Å². The van der Waals surface area contributed by atoms with E-state index in [0.717, 1.165) is 23.4 Å². The number of allylic oxidation sites excluding steroid dienone is 4. The van der Waals surface area contributed by atoms with Gasteiger partial charge in [0.25, 0.3) is 0 Å². The van der Waals surface area contributed by atoms with Gasteiger partial charge < -0.3 is 19.9 Å². The van der Waals surface area contributed by atoms with Crippen LogP contribution in [-0.4, -0.2) is 80.1 Å². The summed E-state index contributed by atoms with van der Waals surface area (Å²) in [5.74, 6) is 0.199. The number of nitrogens with one attached hydrogen (secondary N) is 1. The molecule has 0 aromatic heterocycles. The van der Waals surface area contributed by atoms with E-state index in [9.17, 15) is 14.9 Å². The van der Waals surface area contributed by atoms with Crippen molar-refractivity contribution < 1.29 is 14.3 Å². The molecule has 2 amide bonds. The molecular formula is C28H33N5O3. The Morgan fingerprint density at radius 2 is 2.08 bits per heavy atom. The van der Waals surface area contributed by atoms with Crippen LogP contribution in [0.2, 0.25) is 0 Å². The van der Waals surface area contributed by atoms with Crippen LogP contribution in [-0.2, 0) is 19.7 Å². The molecule has 188 valence electrons. The molecule has 0 spiro atoms. The highest BCUT2D eigenvalue weighted by Crippen LogP contribution is 2.47. The first kappa shape index (κ1) is 24.3. The molecular weight excluding hydrogens is 454 g/mol. The highest BCUT2D eigenvalue weighted by molar-refractivity contribution is 5.98. The van der Waals surface area contributed by atoms with Gasteiger partial charge in [0.05, 0.1) is 31.4 Å². The molecule has 3 heterocycles. The van der Waals surface area contributed by atoms with Crippen molar-refractivity contribution in [1.29, 1.82) is 5.26 Å². The quantitative estimate of drug-likeness (QED) is 0.698. The standard InChI is InChI=1S/C28H33N5O3/c1-20-17-32(25(16-30-20)27(35)31-10-12-36-13-11-31)18-26(34)33-19-28(2,22-6-4-3-5-7-22)23-9-8-21(15-29)14-24(23)33/h3-6,8-9,14,22,25,30H,1,7,10-13,16-19H2,2H3/t22?,25-,28-/m1/s1. The third kappa shape index (κ3) is 4.45. The number of rotatable bonds is 4. The van der Waals surface area contributed by atoms with Crippen LogP contribution in [0.1, 0.15) is 24.5 Å². The van der Waals surface area contributed by atoms with Crippen molar-refractivity contribution in [3.05, 3.63) is 65.9 Å². The normalized spacial score (nSPS) is 27.9. The van der Waals surface area contributed by atoms with Crippen LogP contribution in [0.3, 0.4) is 0 Å². The number of benzene rings is 1. The Kier molecular flexibility index (Phi) is 6.69. The van der Waals surface area contributed by atoms with Crippen LogP contribution >= 0.6 is 0 Å². The van der Waals surface area contributed by atoms with Crippen molar-refractivity contribution in [2.45, 2.75) is 24.8 Å². The van der Waals surface area contributed by atoms with Crippen LogP contribution in [0.25, 0.3) is 0 Å². The second-order valence-corrected chi connectivity index (χ2v) is 10.2. The van der Waals surface area contributed by atoms with Gasteiger partial charge in [0.2, 0.25) is 11.8 Å². The van der Waals surface area contributed by atoms with Crippen LogP contribution in [0.5, 0.6) is 0 Å². The number of nitriles is 1. The summed E-state index contributed by atoms with van der Waals surface area (Å²) in [6.07, 6.45) is 9.41. The van der Waals surface area contributed by atoms with Crippen LogP contribution in [0, 0.1) is 17.2 Å². The summed E-state index contributed by atoms with van der Waals surface area (Å²) in [7, 11) is 0. The van der Waals surface area contributed by atoms with Crippen LogP contribution in [0.15, 0.2) is 54.8 Å². The number of piperazine rings is 1. The van der Waals surface area contributed by atoms with Crippen molar-refractivity contribution in [3.63, 3.8) is 0 Å². The minimum atomic E-state index is -0.442. The van der Waals surface area contributed by atoms with E-state index in [2.05, 4.69) is 49.2 Å². The van der Waals surface area contributed by atoms with Crippen molar-refractivity contribution in [2.24, 2.45) is 5.92 Å². The Balaban J connectivity index is 1.40. The molecule has 1 N–H and O–H groups in total. The molecule has 0 radical (unpaired) electrons. The maximum absolute atomic E-state index is 13.9. The Morgan fingerprint density at radius 1 is 1.28 bits per heavy atom. The minimum Gasteiger partial charge on any atom is -0.386 e. The van der Waals surface area contributed by atoms with Crippen molar-refractivity contribution in [1.82, 2.24) is 15.1 Å². The smallest absolute Gasteiger partial charge is 0.241 e. The Morgan fingerprint density at radius 3 is 2.81 bits per heavy atom. The first-order valence-electron chi connectivity index (χ1n) is 12.6. The Labute approximate surface area is 212 Å². The van der Waals surface area contributed by atoms with Crippen molar-refractivity contribution in [3.8, 4) is 6.07 Å². The number of ether oxygens (including phenoxy) is 1. The van der Waals surface area contributed by atoms with Gasteiger partial charge in [-0.1, -0.05) is 43.9 Å². The molecule has 8 nitrogen and oxygen atoms in total. The molecule has 2 saturated heterocycles. The lowest BCUT2D eigenvalue weighted by Gasteiger charge is -2.40. The van der Waals surface area contributed by atoms with Gasteiger partial charge in [-0.3, -0.25) is 14.5 Å². The molecule has 36 heavy (non-hydrogen) atoms. The summed E-state index contributed by atoms with van der Waals surface area (Å²) in [5, 5.41) is 12.8. The Hall–Kier alpha value is -3.41. The molecule has 8 heteroatoms. The molecule has 4 aliphatic rings. The number of carbonyl (C=O) groups excluding carboxylic acids is 2. The monoisotopic (exact) mass is 487 g/mol. The Bertz CT molecular complexity index is 1160. The molecule has 0 saturated carbocycles. The number of fused-ring (bicyclic) bond motifs is 1. The fourth-order valence-corrected chi connectivity index (χ4v) is 5.84. The number of morpholine rings is 1. The van der Waals surface area contributed by atoms with Gasteiger partial charge in [-0.25, -0.2) is 0 Å². The number of anilines is 1. The molecule has 1 aromatic rings. The first-order valence-corrected chi connectivity index (χ1v) is 12.6. The summed E-state index contributed by atoms with van der Waals surface area (Å²) < 4.78 is 5.40. The van der Waals surface area contributed by atoms with E-state index in [4.69, 9.17) is 4.74 Å². The van der Waals surface area contributed by atoms with E-state index in [1.807, 2.05) is 32.9 Å². The summed E-state index contributed by atoms with van der Waals surface area (Å²) in [6.45, 7) is 9.95. The second kappa shape index (κ2) is 9.92. The molecule has 2 fully saturated rings. The number of nitrogens with zero attached hydrogens (tertiary/aromatic N) is 4. The van der Waals surface area contributed by atoms with Crippen LogP contribution < -0.4 is 10.2 Å². The highest BCUT2D eigenvalue weighted by Gasteiger charge is 2.46. The molecule has 0 bridgehead atoms. The fourth-order valence-electron chi connectivity index (χ4n) is 5.84. The molecule has 1 aromatic carbocycles. The second-order valence-electron chi connectivity index (χ2n) is 10.2. The van der Waals surface area contributed by atoms with E-state index in [-0.39, 0.29) is 29.7 Å². The number of carbonyl (C=O) groups is 2. The summed E-state index contributed by atoms with van der Waals surface area (Å²) >= 11 is 0. The van der Waals surface area contributed by atoms with Crippen molar-refractivity contribution >= 4 is 17.5 Å². The molecule has 1 aliphatic carbocycles. The maximum Gasteiger partial charge on any atom is 0.241 e. The zero-order valence-corrected chi connectivity index (χ0v) is 20.8. The van der Waals surface area contributed by atoms with Gasteiger partial charge >= 0.3 is 0 Å². The average molecular weight is 488 g/mol. The van der Waals surface area contributed by atoms with Gasteiger partial charge in [-0.2, -0.15) is 5.26 Å². The third-order valence-electron chi connectivity index (χ3n) is 7.95. The lowest BCUT2D eigenvalue weighted by molar-refractivity contribution is -0.142. The van der Waals surface area contributed by atoms with Gasteiger partial charge in [0, 0.05) is 49.5 Å². The van der Waals surface area contributed by atoms with Crippen LogP contribution in [0.4, 0.5) is 5.69 Å². The average Bonchev–Trinajstić information content (AvgIpc) is 3.22. The summed E-state index contributed by atoms with van der Waals surface area (Å²) in [4.78, 5) is 32.8. The van der Waals surface area contributed by atoms with E-state index in [1.165, 1.54) is 0 Å². The predicted molar refractivity (Wildman–Crippen MR) is 137 cm³/mol. The zero-order chi connectivity index (χ0) is 25.3. The van der Waals surface area contributed by atoms with Gasteiger partial charge in [-0.05, 0) is 30.0 Å². The number of amides is 2. The zero-order valence-electron chi connectivity index (χ0n) is 20.8. The first-order chi connectivity index (χ1) is 17.4. The van der Waals surface area contributed by atoms with Gasteiger partial charge in [0.15, 0.2) is 0 Å².